The minimum Gasteiger partial charge on any atom is -0.508 e. The van der Waals surface area contributed by atoms with Crippen molar-refractivity contribution < 1.29 is 14.6 Å². The van der Waals surface area contributed by atoms with E-state index in [0.717, 1.165) is 43.8 Å². The number of urea groups is 1. The number of hydrogen-bond acceptors (Lipinski definition) is 4. The number of carbonyl (C=O) groups excluding carboxylic acids is 1. The zero-order valence-electron chi connectivity index (χ0n) is 17.2. The van der Waals surface area contributed by atoms with E-state index in [4.69, 9.17) is 4.74 Å². The normalized spacial score (nSPS) is 18.6. The van der Waals surface area contributed by atoms with Crippen molar-refractivity contribution in [2.45, 2.75) is 31.5 Å². The molecule has 0 bridgehead atoms. The first-order chi connectivity index (χ1) is 13.9. The number of hydrogen-bond donors (Lipinski definition) is 1. The number of aromatic hydroxyl groups is 1. The van der Waals surface area contributed by atoms with Gasteiger partial charge in [0.15, 0.2) is 0 Å². The summed E-state index contributed by atoms with van der Waals surface area (Å²) < 4.78 is 6.63. The Morgan fingerprint density at radius 3 is 2.48 bits per heavy atom. The Kier molecular flexibility index (Phi) is 5.37. The largest absolute Gasteiger partial charge is 0.508 e. The van der Waals surface area contributed by atoms with Crippen molar-refractivity contribution in [3.8, 4) is 11.5 Å². The van der Waals surface area contributed by atoms with E-state index >= 15 is 0 Å². The van der Waals surface area contributed by atoms with Gasteiger partial charge in [0.25, 0.3) is 0 Å². The number of likely N-dealkylation sites (tertiary alicyclic amines) is 1. The number of piperidine rings is 1. The first-order valence-corrected chi connectivity index (χ1v) is 10.2. The van der Waals surface area contributed by atoms with Gasteiger partial charge in [-0.15, -0.1) is 0 Å². The zero-order valence-corrected chi connectivity index (χ0v) is 17.2. The van der Waals surface area contributed by atoms with Crippen molar-refractivity contribution in [2.24, 2.45) is 0 Å². The fourth-order valence-corrected chi connectivity index (χ4v) is 4.32. The highest BCUT2D eigenvalue weighted by molar-refractivity contribution is 5.73. The second-order valence-corrected chi connectivity index (χ2v) is 8.37. The average molecular weight is 396 g/mol. The lowest BCUT2D eigenvalue weighted by atomic mass is 9.90. The minimum atomic E-state index is -0.299. The van der Waals surface area contributed by atoms with Crippen LogP contribution in [0.5, 0.6) is 11.5 Å². The number of para-hydroxylation sites is 1. The maximum absolute atomic E-state index is 12.3. The van der Waals surface area contributed by atoms with Crippen molar-refractivity contribution in [2.75, 3.05) is 33.7 Å². The fourth-order valence-electron chi connectivity index (χ4n) is 4.32. The molecule has 2 aliphatic rings. The second kappa shape index (κ2) is 7.95. The number of phenols is 1. The summed E-state index contributed by atoms with van der Waals surface area (Å²) in [6.07, 6.45) is 1.62. The molecule has 0 aliphatic carbocycles. The van der Waals surface area contributed by atoms with Crippen molar-refractivity contribution in [1.29, 1.82) is 0 Å². The Morgan fingerprint density at radius 2 is 1.79 bits per heavy atom. The Hall–Kier alpha value is -2.73. The molecule has 29 heavy (non-hydrogen) atoms. The molecule has 4 rings (SSSR count). The van der Waals surface area contributed by atoms with E-state index in [1.807, 2.05) is 23.1 Å². The number of rotatable bonds is 2. The Morgan fingerprint density at radius 1 is 1.10 bits per heavy atom. The second-order valence-electron chi connectivity index (χ2n) is 8.37. The van der Waals surface area contributed by atoms with Crippen LogP contribution < -0.4 is 4.74 Å². The van der Waals surface area contributed by atoms with E-state index in [0.29, 0.717) is 13.1 Å². The smallest absolute Gasteiger partial charge is 0.319 e. The van der Waals surface area contributed by atoms with Crippen LogP contribution in [0.3, 0.4) is 0 Å². The molecule has 1 fully saturated rings. The first-order valence-electron chi connectivity index (χ1n) is 10.2. The van der Waals surface area contributed by atoms with Gasteiger partial charge in [0.2, 0.25) is 0 Å². The highest BCUT2D eigenvalue weighted by Crippen LogP contribution is 2.36. The summed E-state index contributed by atoms with van der Waals surface area (Å²) >= 11 is 0. The van der Waals surface area contributed by atoms with Gasteiger partial charge < -0.3 is 19.6 Å². The molecule has 2 amide bonds. The quantitative estimate of drug-likeness (QED) is 0.848. The number of benzene rings is 2. The van der Waals surface area contributed by atoms with Crippen molar-refractivity contribution >= 4 is 6.03 Å². The molecule has 1 spiro atoms. The molecule has 2 aliphatic heterocycles. The number of ether oxygens (including phenoxy) is 1. The third kappa shape index (κ3) is 4.32. The average Bonchev–Trinajstić information content (AvgIpc) is 2.85. The molecule has 0 radical (unpaired) electrons. The van der Waals surface area contributed by atoms with Crippen LogP contribution in [0.2, 0.25) is 0 Å². The van der Waals surface area contributed by atoms with E-state index in [1.54, 1.807) is 31.1 Å². The molecule has 6 heteroatoms. The number of amides is 2. The van der Waals surface area contributed by atoms with Crippen LogP contribution >= 0.6 is 0 Å². The molecule has 1 N–H and O–H groups in total. The molecule has 0 unspecified atom stereocenters. The summed E-state index contributed by atoms with van der Waals surface area (Å²) in [6.45, 7) is 3.82. The lowest BCUT2D eigenvalue weighted by Gasteiger charge is -2.43. The minimum absolute atomic E-state index is 0.0646. The highest BCUT2D eigenvalue weighted by Gasteiger charge is 2.41. The van der Waals surface area contributed by atoms with E-state index < -0.39 is 0 Å². The van der Waals surface area contributed by atoms with E-state index in [1.165, 1.54) is 5.56 Å². The summed E-state index contributed by atoms with van der Waals surface area (Å²) in [5, 5.41) is 9.58. The van der Waals surface area contributed by atoms with E-state index in [-0.39, 0.29) is 17.4 Å². The van der Waals surface area contributed by atoms with Gasteiger partial charge in [-0.3, -0.25) is 4.90 Å². The maximum atomic E-state index is 12.3. The van der Waals surface area contributed by atoms with Gasteiger partial charge in [0, 0.05) is 65.2 Å². The van der Waals surface area contributed by atoms with Crippen LogP contribution in [0.15, 0.2) is 48.5 Å². The molecule has 2 aromatic rings. The molecule has 154 valence electrons. The molecule has 6 nitrogen and oxygen atoms in total. The summed E-state index contributed by atoms with van der Waals surface area (Å²) in [7, 11) is 3.59. The van der Waals surface area contributed by atoms with Crippen LogP contribution in [0.4, 0.5) is 4.79 Å². The molecule has 1 saturated heterocycles. The SMILES string of the molecule is CN(C)C(=O)N1CCC2(CC1)CN(Cc1ccc(O)cc1)Cc1ccccc1O2. The van der Waals surface area contributed by atoms with E-state index in [9.17, 15) is 9.90 Å². The van der Waals surface area contributed by atoms with Crippen LogP contribution in [-0.4, -0.2) is 65.2 Å². The van der Waals surface area contributed by atoms with Crippen molar-refractivity contribution in [1.82, 2.24) is 14.7 Å². The van der Waals surface area contributed by atoms with Crippen LogP contribution in [0, 0.1) is 0 Å². The van der Waals surface area contributed by atoms with Gasteiger partial charge in [-0.1, -0.05) is 30.3 Å². The summed E-state index contributed by atoms with van der Waals surface area (Å²) in [5.74, 6) is 1.24. The number of nitrogens with zero attached hydrogens (tertiary/aromatic N) is 3. The monoisotopic (exact) mass is 395 g/mol. The molecule has 2 heterocycles. The molecule has 0 saturated carbocycles. The third-order valence-corrected chi connectivity index (χ3v) is 5.88. The van der Waals surface area contributed by atoms with Crippen LogP contribution in [-0.2, 0) is 13.1 Å². The lowest BCUT2D eigenvalue weighted by molar-refractivity contribution is -0.0134. The predicted molar refractivity (Wildman–Crippen MR) is 112 cm³/mol. The fraction of sp³-hybridized carbons (Fsp3) is 0.435. The van der Waals surface area contributed by atoms with Crippen molar-refractivity contribution in [3.63, 3.8) is 0 Å². The van der Waals surface area contributed by atoms with Gasteiger partial charge >= 0.3 is 6.03 Å². The van der Waals surface area contributed by atoms with Gasteiger partial charge in [0.05, 0.1) is 0 Å². The Balaban J connectivity index is 1.56. The molecular weight excluding hydrogens is 366 g/mol. The predicted octanol–water partition coefficient (Wildman–Crippen LogP) is 3.30. The van der Waals surface area contributed by atoms with Gasteiger partial charge in [0.1, 0.15) is 17.1 Å². The lowest BCUT2D eigenvalue weighted by Crippen LogP contribution is -2.55. The maximum Gasteiger partial charge on any atom is 0.319 e. The number of phenolic OH excluding ortho intramolecular Hbond substituents is 1. The van der Waals surface area contributed by atoms with Gasteiger partial charge in [-0.25, -0.2) is 4.79 Å². The third-order valence-electron chi connectivity index (χ3n) is 5.88. The molecule has 0 aromatic heterocycles. The first kappa shape index (κ1) is 19.6. The summed E-state index contributed by atoms with van der Waals surface area (Å²) in [4.78, 5) is 18.3. The topological polar surface area (TPSA) is 56.3 Å². The van der Waals surface area contributed by atoms with Crippen LogP contribution in [0.25, 0.3) is 0 Å². The molecular formula is C23H29N3O3. The standard InChI is InChI=1S/C23H29N3O3/c1-24(2)22(28)26-13-11-23(12-14-26)17-25(15-18-7-9-20(27)10-8-18)16-19-5-3-4-6-21(19)29-23/h3-10,27H,11-17H2,1-2H3. The Labute approximate surface area is 172 Å². The highest BCUT2D eigenvalue weighted by atomic mass is 16.5. The van der Waals surface area contributed by atoms with Gasteiger partial charge in [-0.05, 0) is 23.8 Å². The van der Waals surface area contributed by atoms with Crippen molar-refractivity contribution in [3.05, 3.63) is 59.7 Å². The summed E-state index contributed by atoms with van der Waals surface area (Å²) in [5.41, 5.74) is 2.06. The number of carbonyl (C=O) groups is 1. The zero-order chi connectivity index (χ0) is 20.4. The number of fused-ring (bicyclic) bond motifs is 1. The Bertz CT molecular complexity index is 858. The van der Waals surface area contributed by atoms with Crippen LogP contribution in [0.1, 0.15) is 24.0 Å². The molecule has 0 atom stereocenters. The van der Waals surface area contributed by atoms with Gasteiger partial charge in [-0.2, -0.15) is 0 Å². The molecule has 2 aromatic carbocycles. The van der Waals surface area contributed by atoms with E-state index in [2.05, 4.69) is 23.1 Å². The summed E-state index contributed by atoms with van der Waals surface area (Å²) in [6, 6.07) is 15.7.